The van der Waals surface area contributed by atoms with Crippen molar-refractivity contribution in [3.63, 3.8) is 0 Å². The first kappa shape index (κ1) is 16.2. The fraction of sp³-hybridized carbons (Fsp3) is 0.526. The third-order valence-electron chi connectivity index (χ3n) is 6.08. The van der Waals surface area contributed by atoms with Crippen molar-refractivity contribution in [2.45, 2.75) is 32.4 Å². The predicted octanol–water partition coefficient (Wildman–Crippen LogP) is 1.63. The van der Waals surface area contributed by atoms with Crippen molar-refractivity contribution in [2.24, 2.45) is 11.8 Å². The number of hydrogen-bond donors (Lipinski definition) is 1. The quantitative estimate of drug-likeness (QED) is 0.717. The minimum absolute atomic E-state index is 0.247. The van der Waals surface area contributed by atoms with Gasteiger partial charge in [-0.05, 0) is 31.1 Å². The number of anilines is 2. The van der Waals surface area contributed by atoms with Crippen LogP contribution < -0.4 is 10.6 Å². The topological polar surface area (TPSA) is 108 Å². The van der Waals surface area contributed by atoms with E-state index in [0.29, 0.717) is 12.4 Å². The Morgan fingerprint density at radius 1 is 1.04 bits per heavy atom. The number of fused-ring (bicyclic) bond motifs is 5. The summed E-state index contributed by atoms with van der Waals surface area (Å²) in [5, 5.41) is 0. The van der Waals surface area contributed by atoms with Gasteiger partial charge in [0.25, 0.3) is 0 Å². The van der Waals surface area contributed by atoms with Gasteiger partial charge in [-0.25, -0.2) is 24.9 Å². The molecule has 9 nitrogen and oxygen atoms in total. The highest BCUT2D eigenvalue weighted by Crippen LogP contribution is 2.42. The molecule has 2 saturated heterocycles. The molecule has 0 spiro atoms. The average molecular weight is 378 g/mol. The molecule has 3 aromatic rings. The number of aromatic nitrogens is 6. The number of imidazole rings is 1. The summed E-state index contributed by atoms with van der Waals surface area (Å²) in [5.74, 6) is 4.26. The molecule has 2 bridgehead atoms. The van der Waals surface area contributed by atoms with E-state index in [-0.39, 0.29) is 5.95 Å². The van der Waals surface area contributed by atoms with Crippen molar-refractivity contribution in [3.05, 3.63) is 18.2 Å². The number of nitrogen functional groups attached to an aromatic ring is 1. The highest BCUT2D eigenvalue weighted by atomic mass is 16.5. The first-order valence-electron chi connectivity index (χ1n) is 9.92. The summed E-state index contributed by atoms with van der Waals surface area (Å²) in [6.45, 7) is 4.20. The summed E-state index contributed by atoms with van der Waals surface area (Å²) < 4.78 is 7.89. The SMILES string of the molecule is Nc1ncc(-c2nc(N3CC4CC(C4)C3)c3nc4n(c3n2)CCCOC4)cn1. The fourth-order valence-corrected chi connectivity index (χ4v) is 4.71. The van der Waals surface area contributed by atoms with Crippen LogP contribution in [0.25, 0.3) is 22.6 Å². The highest BCUT2D eigenvalue weighted by molar-refractivity contribution is 5.86. The van der Waals surface area contributed by atoms with E-state index in [1.54, 1.807) is 12.4 Å². The molecule has 0 unspecified atom stereocenters. The Hall–Kier alpha value is -2.81. The predicted molar refractivity (Wildman–Crippen MR) is 103 cm³/mol. The first-order valence-corrected chi connectivity index (χ1v) is 9.92. The fourth-order valence-electron chi connectivity index (χ4n) is 4.71. The van der Waals surface area contributed by atoms with E-state index in [1.165, 1.54) is 12.8 Å². The molecule has 28 heavy (non-hydrogen) atoms. The van der Waals surface area contributed by atoms with E-state index < -0.39 is 0 Å². The molecule has 6 heterocycles. The molecule has 7 rings (SSSR count). The molecule has 0 atom stereocenters. The van der Waals surface area contributed by atoms with Gasteiger partial charge in [0.15, 0.2) is 22.8 Å². The number of nitrogens with zero attached hydrogens (tertiary/aromatic N) is 7. The lowest BCUT2D eigenvalue weighted by atomic mass is 9.71. The third kappa shape index (κ3) is 2.53. The second-order valence-corrected chi connectivity index (χ2v) is 8.07. The Labute approximate surface area is 162 Å². The summed E-state index contributed by atoms with van der Waals surface area (Å²) in [6, 6.07) is 0. The van der Waals surface area contributed by atoms with Crippen LogP contribution in [0, 0.1) is 11.8 Å². The maximum absolute atomic E-state index is 5.71. The van der Waals surface area contributed by atoms with Crippen molar-refractivity contribution in [1.29, 1.82) is 0 Å². The molecule has 1 saturated carbocycles. The van der Waals surface area contributed by atoms with Crippen molar-refractivity contribution in [2.75, 3.05) is 30.3 Å². The summed E-state index contributed by atoms with van der Waals surface area (Å²) in [7, 11) is 0. The van der Waals surface area contributed by atoms with Gasteiger partial charge >= 0.3 is 0 Å². The Morgan fingerprint density at radius 2 is 1.82 bits per heavy atom. The Bertz CT molecular complexity index is 1030. The zero-order valence-electron chi connectivity index (χ0n) is 15.6. The van der Waals surface area contributed by atoms with Gasteiger partial charge in [0.05, 0.1) is 5.56 Å². The van der Waals surface area contributed by atoms with Gasteiger partial charge in [-0.15, -0.1) is 0 Å². The van der Waals surface area contributed by atoms with Crippen molar-refractivity contribution in [1.82, 2.24) is 29.5 Å². The molecule has 0 aromatic carbocycles. The summed E-state index contributed by atoms with van der Waals surface area (Å²) >= 11 is 0. The van der Waals surface area contributed by atoms with Gasteiger partial charge in [0.1, 0.15) is 12.4 Å². The smallest absolute Gasteiger partial charge is 0.219 e. The van der Waals surface area contributed by atoms with Gasteiger partial charge in [-0.3, -0.25) is 0 Å². The lowest BCUT2D eigenvalue weighted by molar-refractivity contribution is 0.122. The van der Waals surface area contributed by atoms with E-state index in [1.807, 2.05) is 0 Å². The molecule has 1 aliphatic carbocycles. The highest BCUT2D eigenvalue weighted by Gasteiger charge is 2.38. The Morgan fingerprint density at radius 3 is 2.61 bits per heavy atom. The van der Waals surface area contributed by atoms with Crippen molar-refractivity contribution in [3.8, 4) is 11.4 Å². The van der Waals surface area contributed by atoms with Gasteiger partial charge < -0.3 is 19.9 Å². The third-order valence-corrected chi connectivity index (χ3v) is 6.08. The second-order valence-electron chi connectivity index (χ2n) is 8.07. The number of aryl methyl sites for hydroxylation is 1. The van der Waals surface area contributed by atoms with E-state index in [0.717, 1.165) is 72.9 Å². The lowest BCUT2D eigenvalue weighted by Gasteiger charge is -2.47. The number of rotatable bonds is 2. The van der Waals surface area contributed by atoms with Crippen LogP contribution in [-0.2, 0) is 17.9 Å². The van der Waals surface area contributed by atoms with Gasteiger partial charge in [0, 0.05) is 38.6 Å². The molecule has 4 aliphatic rings. The van der Waals surface area contributed by atoms with E-state index in [4.69, 9.17) is 25.4 Å². The number of piperidine rings is 2. The van der Waals surface area contributed by atoms with Crippen LogP contribution in [0.3, 0.4) is 0 Å². The van der Waals surface area contributed by atoms with E-state index >= 15 is 0 Å². The first-order chi connectivity index (χ1) is 13.7. The Kier molecular flexibility index (Phi) is 3.52. The molecule has 0 amide bonds. The number of ether oxygens (including phenoxy) is 1. The minimum Gasteiger partial charge on any atom is -0.373 e. The molecular formula is C19H22N8O. The van der Waals surface area contributed by atoms with Crippen LogP contribution in [0.15, 0.2) is 12.4 Å². The summed E-state index contributed by atoms with van der Waals surface area (Å²) in [5.41, 5.74) is 8.17. The molecule has 9 heteroatoms. The Balaban J connectivity index is 1.54. The molecule has 3 fully saturated rings. The monoisotopic (exact) mass is 378 g/mol. The van der Waals surface area contributed by atoms with Gasteiger partial charge in [-0.2, -0.15) is 0 Å². The normalized spacial score (nSPS) is 23.9. The zero-order chi connectivity index (χ0) is 18.7. The molecule has 144 valence electrons. The van der Waals surface area contributed by atoms with Crippen molar-refractivity contribution < 1.29 is 4.74 Å². The summed E-state index contributed by atoms with van der Waals surface area (Å²) in [4.78, 5) is 25.3. The largest absolute Gasteiger partial charge is 0.373 e. The molecular weight excluding hydrogens is 356 g/mol. The zero-order valence-corrected chi connectivity index (χ0v) is 15.6. The van der Waals surface area contributed by atoms with Crippen molar-refractivity contribution >= 4 is 22.9 Å². The number of hydrogen-bond acceptors (Lipinski definition) is 8. The van der Waals surface area contributed by atoms with Gasteiger partial charge in [0.2, 0.25) is 5.95 Å². The molecule has 3 aliphatic heterocycles. The van der Waals surface area contributed by atoms with E-state index in [9.17, 15) is 0 Å². The standard InChI is InChI=1S/C19H22N8O/c20-19-21-6-13(7-22-19)16-24-17(26-8-11-4-12(5-11)9-26)15-18(25-16)27-2-1-3-28-10-14(27)23-15/h6-7,11-12H,1-5,8-10H2,(H2,20,21,22). The maximum atomic E-state index is 5.71. The average Bonchev–Trinajstić information content (AvgIpc) is 2.88. The maximum Gasteiger partial charge on any atom is 0.219 e. The second kappa shape index (κ2) is 6.10. The van der Waals surface area contributed by atoms with Gasteiger partial charge in [-0.1, -0.05) is 0 Å². The minimum atomic E-state index is 0.247. The molecule has 0 radical (unpaired) electrons. The summed E-state index contributed by atoms with van der Waals surface area (Å²) in [6.07, 6.45) is 7.01. The van der Waals surface area contributed by atoms with Crippen LogP contribution in [0.2, 0.25) is 0 Å². The molecule has 3 aromatic heterocycles. The van der Waals surface area contributed by atoms with Crippen LogP contribution in [0.1, 0.15) is 25.1 Å². The van der Waals surface area contributed by atoms with E-state index in [2.05, 4.69) is 19.4 Å². The van der Waals surface area contributed by atoms with Crippen LogP contribution in [0.5, 0.6) is 0 Å². The van der Waals surface area contributed by atoms with Crippen LogP contribution >= 0.6 is 0 Å². The number of nitrogens with two attached hydrogens (primary N) is 1. The van der Waals surface area contributed by atoms with Crippen LogP contribution in [-0.4, -0.2) is 49.2 Å². The van der Waals surface area contributed by atoms with Crippen LogP contribution in [0.4, 0.5) is 11.8 Å². The molecule has 2 N–H and O–H groups in total. The lowest BCUT2D eigenvalue weighted by Crippen LogP contribution is -2.49.